The molecule has 0 aromatic rings. The van der Waals surface area contributed by atoms with Crippen LogP contribution in [0.2, 0.25) is 0 Å². The van der Waals surface area contributed by atoms with E-state index >= 15 is 0 Å². The molecule has 17 heavy (non-hydrogen) atoms. The number of nitrogens with zero attached hydrogens (tertiary/aromatic N) is 1. The standard InChI is InChI=1S/C12H21NO4/c1-12(2,3)17-11(14)13-5-4-9-10(8-13)16-7-6-15-9/h9-10H,4-8H2,1-3H3. The van der Waals surface area contributed by atoms with E-state index in [1.54, 1.807) is 4.90 Å². The number of fused-ring (bicyclic) bond motifs is 1. The zero-order valence-electron chi connectivity index (χ0n) is 10.8. The van der Waals surface area contributed by atoms with E-state index in [-0.39, 0.29) is 18.3 Å². The highest BCUT2D eigenvalue weighted by Gasteiger charge is 2.36. The maximum atomic E-state index is 11.9. The number of carbonyl (C=O) groups excluding carboxylic acids is 1. The van der Waals surface area contributed by atoms with Gasteiger partial charge in [-0.2, -0.15) is 0 Å². The summed E-state index contributed by atoms with van der Waals surface area (Å²) in [7, 11) is 0. The summed E-state index contributed by atoms with van der Waals surface area (Å²) < 4.78 is 16.6. The second-order valence-electron chi connectivity index (χ2n) is 5.53. The Kier molecular flexibility index (Phi) is 3.58. The molecule has 0 aromatic heterocycles. The molecular formula is C12H21NO4. The Balaban J connectivity index is 1.89. The van der Waals surface area contributed by atoms with E-state index in [9.17, 15) is 4.79 Å². The second-order valence-corrected chi connectivity index (χ2v) is 5.53. The molecule has 1 amide bonds. The molecule has 2 saturated heterocycles. The molecule has 0 aromatic carbocycles. The summed E-state index contributed by atoms with van der Waals surface area (Å²) in [5.74, 6) is 0. The summed E-state index contributed by atoms with van der Waals surface area (Å²) in [6, 6.07) is 0. The zero-order chi connectivity index (χ0) is 12.5. The topological polar surface area (TPSA) is 48.0 Å². The van der Waals surface area contributed by atoms with Gasteiger partial charge >= 0.3 is 6.09 Å². The number of likely N-dealkylation sites (tertiary alicyclic amines) is 1. The van der Waals surface area contributed by atoms with E-state index < -0.39 is 5.60 Å². The van der Waals surface area contributed by atoms with Gasteiger partial charge in [-0.25, -0.2) is 4.79 Å². The fourth-order valence-corrected chi connectivity index (χ4v) is 2.14. The van der Waals surface area contributed by atoms with Crippen molar-refractivity contribution in [2.45, 2.75) is 45.0 Å². The van der Waals surface area contributed by atoms with Crippen LogP contribution in [0.4, 0.5) is 4.79 Å². The Labute approximate surface area is 102 Å². The molecule has 2 atom stereocenters. The monoisotopic (exact) mass is 243 g/mol. The quantitative estimate of drug-likeness (QED) is 0.645. The predicted octanol–water partition coefficient (Wildman–Crippen LogP) is 1.41. The third kappa shape index (κ3) is 3.33. The molecule has 0 N–H and O–H groups in total. The van der Waals surface area contributed by atoms with Gasteiger partial charge in [-0.15, -0.1) is 0 Å². The normalized spacial score (nSPS) is 29.7. The van der Waals surface area contributed by atoms with E-state index in [1.807, 2.05) is 20.8 Å². The number of carbonyl (C=O) groups is 1. The first-order valence-electron chi connectivity index (χ1n) is 6.17. The summed E-state index contributed by atoms with van der Waals surface area (Å²) in [6.45, 7) is 8.14. The number of hydrogen-bond acceptors (Lipinski definition) is 4. The van der Waals surface area contributed by atoms with Crippen molar-refractivity contribution in [3.05, 3.63) is 0 Å². The first-order chi connectivity index (χ1) is 7.96. The molecule has 0 bridgehead atoms. The van der Waals surface area contributed by atoms with E-state index in [0.29, 0.717) is 26.3 Å². The van der Waals surface area contributed by atoms with Crippen LogP contribution in [0.25, 0.3) is 0 Å². The van der Waals surface area contributed by atoms with Crippen molar-refractivity contribution < 1.29 is 19.0 Å². The minimum absolute atomic E-state index is 0.00465. The van der Waals surface area contributed by atoms with Crippen molar-refractivity contribution in [3.8, 4) is 0 Å². The molecule has 2 unspecified atom stereocenters. The first-order valence-corrected chi connectivity index (χ1v) is 6.17. The number of piperidine rings is 1. The minimum atomic E-state index is -0.447. The second kappa shape index (κ2) is 4.82. The average Bonchev–Trinajstić information content (AvgIpc) is 2.26. The maximum absolute atomic E-state index is 11.9. The molecule has 98 valence electrons. The zero-order valence-corrected chi connectivity index (χ0v) is 10.8. The molecule has 2 heterocycles. The van der Waals surface area contributed by atoms with Crippen LogP contribution >= 0.6 is 0 Å². The van der Waals surface area contributed by atoms with Gasteiger partial charge in [0.15, 0.2) is 0 Å². The molecule has 2 aliphatic rings. The Morgan fingerprint density at radius 1 is 1.24 bits per heavy atom. The predicted molar refractivity (Wildman–Crippen MR) is 61.9 cm³/mol. The van der Waals surface area contributed by atoms with E-state index in [0.717, 1.165) is 6.42 Å². The lowest BCUT2D eigenvalue weighted by atomic mass is 10.0. The van der Waals surface area contributed by atoms with Crippen molar-refractivity contribution in [1.29, 1.82) is 0 Å². The fraction of sp³-hybridized carbons (Fsp3) is 0.917. The molecule has 0 saturated carbocycles. The SMILES string of the molecule is CC(C)(C)OC(=O)N1CCC2OCCOC2C1. The average molecular weight is 243 g/mol. The van der Waals surface area contributed by atoms with Crippen molar-refractivity contribution in [1.82, 2.24) is 4.90 Å². The highest BCUT2D eigenvalue weighted by atomic mass is 16.6. The van der Waals surface area contributed by atoms with Gasteiger partial charge in [0.05, 0.1) is 25.9 Å². The minimum Gasteiger partial charge on any atom is -0.444 e. The van der Waals surface area contributed by atoms with Gasteiger partial charge in [0.1, 0.15) is 11.7 Å². The molecule has 0 radical (unpaired) electrons. The summed E-state index contributed by atoms with van der Waals surface area (Å²) in [4.78, 5) is 13.6. The van der Waals surface area contributed by atoms with Crippen molar-refractivity contribution in [2.24, 2.45) is 0 Å². The van der Waals surface area contributed by atoms with E-state index in [2.05, 4.69) is 0 Å². The summed E-state index contributed by atoms with van der Waals surface area (Å²) in [5.41, 5.74) is -0.447. The van der Waals surface area contributed by atoms with Crippen molar-refractivity contribution in [2.75, 3.05) is 26.3 Å². The first kappa shape index (κ1) is 12.6. The van der Waals surface area contributed by atoms with Gasteiger partial charge in [-0.05, 0) is 27.2 Å². The van der Waals surface area contributed by atoms with Crippen LogP contribution < -0.4 is 0 Å². The van der Waals surface area contributed by atoms with Crippen LogP contribution in [0, 0.1) is 0 Å². The van der Waals surface area contributed by atoms with Gasteiger partial charge < -0.3 is 19.1 Å². The molecule has 0 aliphatic carbocycles. The number of rotatable bonds is 0. The van der Waals surface area contributed by atoms with Crippen molar-refractivity contribution in [3.63, 3.8) is 0 Å². The van der Waals surface area contributed by atoms with Crippen molar-refractivity contribution >= 4 is 6.09 Å². The lowest BCUT2D eigenvalue weighted by Crippen LogP contribution is -2.54. The highest BCUT2D eigenvalue weighted by Crippen LogP contribution is 2.22. The summed E-state index contributed by atoms with van der Waals surface area (Å²) in [5, 5.41) is 0. The lowest BCUT2D eigenvalue weighted by Gasteiger charge is -2.40. The van der Waals surface area contributed by atoms with Crippen LogP contribution in [0.5, 0.6) is 0 Å². The molecule has 5 nitrogen and oxygen atoms in total. The number of ether oxygens (including phenoxy) is 3. The Hall–Kier alpha value is -0.810. The van der Waals surface area contributed by atoms with Gasteiger partial charge in [0.2, 0.25) is 0 Å². The van der Waals surface area contributed by atoms with Crippen LogP contribution in [0.3, 0.4) is 0 Å². The van der Waals surface area contributed by atoms with E-state index in [4.69, 9.17) is 14.2 Å². The number of amides is 1. The van der Waals surface area contributed by atoms with Gasteiger partial charge in [0, 0.05) is 6.54 Å². The smallest absolute Gasteiger partial charge is 0.410 e. The van der Waals surface area contributed by atoms with Crippen LogP contribution in [-0.4, -0.2) is 55.1 Å². The van der Waals surface area contributed by atoms with Gasteiger partial charge in [-0.3, -0.25) is 0 Å². The highest BCUT2D eigenvalue weighted by molar-refractivity contribution is 5.68. The number of hydrogen-bond donors (Lipinski definition) is 0. The fourth-order valence-electron chi connectivity index (χ4n) is 2.14. The molecule has 2 rings (SSSR count). The van der Waals surface area contributed by atoms with E-state index in [1.165, 1.54) is 0 Å². The molecule has 2 aliphatic heterocycles. The Morgan fingerprint density at radius 2 is 1.88 bits per heavy atom. The summed E-state index contributed by atoms with van der Waals surface area (Å²) in [6.07, 6.45) is 0.710. The lowest BCUT2D eigenvalue weighted by molar-refractivity contribution is -0.163. The summed E-state index contributed by atoms with van der Waals surface area (Å²) >= 11 is 0. The molecule has 5 heteroatoms. The molecular weight excluding hydrogens is 222 g/mol. The van der Waals surface area contributed by atoms with Gasteiger partial charge in [0.25, 0.3) is 0 Å². The molecule has 2 fully saturated rings. The maximum Gasteiger partial charge on any atom is 0.410 e. The third-order valence-electron chi connectivity index (χ3n) is 2.90. The van der Waals surface area contributed by atoms with Crippen LogP contribution in [-0.2, 0) is 14.2 Å². The van der Waals surface area contributed by atoms with Crippen LogP contribution in [0.15, 0.2) is 0 Å². The Bertz CT molecular complexity index is 287. The van der Waals surface area contributed by atoms with Gasteiger partial charge in [-0.1, -0.05) is 0 Å². The third-order valence-corrected chi connectivity index (χ3v) is 2.90. The Morgan fingerprint density at radius 3 is 2.53 bits per heavy atom. The van der Waals surface area contributed by atoms with Crippen LogP contribution in [0.1, 0.15) is 27.2 Å². The molecule has 0 spiro atoms. The largest absolute Gasteiger partial charge is 0.444 e.